The summed E-state index contributed by atoms with van der Waals surface area (Å²) in [7, 11) is -1.77. The minimum absolute atomic E-state index is 0.219. The van der Waals surface area contributed by atoms with E-state index < -0.39 is 10.0 Å². The molecule has 0 saturated carbocycles. The summed E-state index contributed by atoms with van der Waals surface area (Å²) in [6.07, 6.45) is 2.03. The zero-order valence-electron chi connectivity index (χ0n) is 11.3. The molecule has 0 unspecified atom stereocenters. The molecule has 2 aromatic rings. The van der Waals surface area contributed by atoms with Gasteiger partial charge in [-0.25, -0.2) is 18.1 Å². The largest absolute Gasteiger partial charge is 0.326 e. The molecular weight excluding hydrogens is 298 g/mol. The molecule has 0 aromatic carbocycles. The SMILES string of the molecule is Cc1csc(CN)c1S(=O)(=O)NCCc1ncn(C)n1. The number of thiophene rings is 1. The van der Waals surface area contributed by atoms with Crippen molar-refractivity contribution in [2.24, 2.45) is 12.8 Å². The van der Waals surface area contributed by atoms with Gasteiger partial charge in [0, 0.05) is 31.4 Å². The van der Waals surface area contributed by atoms with E-state index in [0.29, 0.717) is 22.0 Å². The van der Waals surface area contributed by atoms with Gasteiger partial charge >= 0.3 is 0 Å². The van der Waals surface area contributed by atoms with Gasteiger partial charge in [-0.05, 0) is 17.9 Å². The number of nitrogens with zero attached hydrogens (tertiary/aromatic N) is 3. The van der Waals surface area contributed by atoms with Crippen molar-refractivity contribution in [2.45, 2.75) is 24.8 Å². The number of rotatable bonds is 6. The predicted molar refractivity (Wildman–Crippen MR) is 76.8 cm³/mol. The van der Waals surface area contributed by atoms with Crippen molar-refractivity contribution in [1.29, 1.82) is 0 Å². The Morgan fingerprint density at radius 2 is 2.25 bits per heavy atom. The second kappa shape index (κ2) is 6.00. The van der Waals surface area contributed by atoms with Crippen LogP contribution in [-0.2, 0) is 30.0 Å². The second-order valence-corrected chi connectivity index (χ2v) is 7.03. The molecule has 0 fully saturated rings. The van der Waals surface area contributed by atoms with Gasteiger partial charge in [0.1, 0.15) is 11.2 Å². The molecule has 0 spiro atoms. The van der Waals surface area contributed by atoms with Crippen LogP contribution in [0, 0.1) is 6.92 Å². The summed E-state index contributed by atoms with van der Waals surface area (Å²) < 4.78 is 28.7. The lowest BCUT2D eigenvalue weighted by Gasteiger charge is -2.07. The molecule has 0 saturated heterocycles. The minimum Gasteiger partial charge on any atom is -0.326 e. The topological polar surface area (TPSA) is 103 Å². The summed E-state index contributed by atoms with van der Waals surface area (Å²) in [6, 6.07) is 0. The Labute approximate surface area is 121 Å². The Kier molecular flexibility index (Phi) is 4.53. The minimum atomic E-state index is -3.54. The van der Waals surface area contributed by atoms with Crippen LogP contribution in [0.2, 0.25) is 0 Å². The fraction of sp³-hybridized carbons (Fsp3) is 0.455. The molecule has 20 heavy (non-hydrogen) atoms. The van der Waals surface area contributed by atoms with E-state index in [4.69, 9.17) is 5.73 Å². The average Bonchev–Trinajstić information content (AvgIpc) is 2.95. The van der Waals surface area contributed by atoms with Crippen LogP contribution < -0.4 is 10.5 Å². The van der Waals surface area contributed by atoms with Crippen LogP contribution in [0.25, 0.3) is 0 Å². The molecule has 2 aromatic heterocycles. The van der Waals surface area contributed by atoms with E-state index in [-0.39, 0.29) is 13.1 Å². The average molecular weight is 315 g/mol. The number of aryl methyl sites for hydroxylation is 2. The maximum Gasteiger partial charge on any atom is 0.241 e. The van der Waals surface area contributed by atoms with Crippen LogP contribution in [0.3, 0.4) is 0 Å². The highest BCUT2D eigenvalue weighted by Gasteiger charge is 2.21. The first kappa shape index (κ1) is 15.1. The number of nitrogens with two attached hydrogens (primary N) is 1. The van der Waals surface area contributed by atoms with E-state index in [1.165, 1.54) is 11.3 Å². The Hall–Kier alpha value is -1.29. The molecule has 3 N–H and O–H groups in total. The van der Waals surface area contributed by atoms with Gasteiger partial charge in [-0.2, -0.15) is 5.10 Å². The van der Waals surface area contributed by atoms with Gasteiger partial charge in [0.25, 0.3) is 0 Å². The molecule has 0 atom stereocenters. The second-order valence-electron chi connectivity index (χ2n) is 4.36. The third-order valence-corrected chi connectivity index (χ3v) is 5.68. The quantitative estimate of drug-likeness (QED) is 0.790. The van der Waals surface area contributed by atoms with Gasteiger partial charge < -0.3 is 5.73 Å². The van der Waals surface area contributed by atoms with Gasteiger partial charge in [-0.1, -0.05) is 0 Å². The molecule has 0 radical (unpaired) electrons. The maximum absolute atomic E-state index is 12.3. The van der Waals surface area contributed by atoms with Crippen molar-refractivity contribution < 1.29 is 8.42 Å². The Balaban J connectivity index is 2.06. The zero-order chi connectivity index (χ0) is 14.8. The summed E-state index contributed by atoms with van der Waals surface area (Å²) in [5.74, 6) is 0.608. The van der Waals surface area contributed by atoms with Crippen molar-refractivity contribution in [2.75, 3.05) is 6.54 Å². The first-order valence-electron chi connectivity index (χ1n) is 6.05. The highest BCUT2D eigenvalue weighted by Crippen LogP contribution is 2.26. The molecule has 7 nitrogen and oxygen atoms in total. The van der Waals surface area contributed by atoms with E-state index in [1.807, 2.05) is 0 Å². The summed E-state index contributed by atoms with van der Waals surface area (Å²) >= 11 is 1.36. The fourth-order valence-corrected chi connectivity index (χ4v) is 4.59. The highest BCUT2D eigenvalue weighted by atomic mass is 32.2. The standard InChI is InChI=1S/C11H17N5O2S2/c1-8-6-19-9(5-12)11(8)20(17,18)14-4-3-10-13-7-16(2)15-10/h6-7,14H,3-5,12H2,1-2H3. The summed E-state index contributed by atoms with van der Waals surface area (Å²) in [4.78, 5) is 5.03. The molecule has 2 rings (SSSR count). The van der Waals surface area contributed by atoms with Crippen LogP contribution >= 0.6 is 11.3 Å². The van der Waals surface area contributed by atoms with Gasteiger partial charge in [0.2, 0.25) is 10.0 Å². The first-order valence-corrected chi connectivity index (χ1v) is 8.41. The third kappa shape index (κ3) is 3.23. The van der Waals surface area contributed by atoms with Crippen molar-refractivity contribution >= 4 is 21.4 Å². The molecular formula is C11H17N5O2S2. The van der Waals surface area contributed by atoms with E-state index in [9.17, 15) is 8.42 Å². The molecule has 2 heterocycles. The molecule has 9 heteroatoms. The van der Waals surface area contributed by atoms with E-state index in [2.05, 4.69) is 14.8 Å². The maximum atomic E-state index is 12.3. The van der Waals surface area contributed by atoms with Crippen LogP contribution in [0.15, 0.2) is 16.6 Å². The van der Waals surface area contributed by atoms with Crippen LogP contribution in [0.1, 0.15) is 16.3 Å². The van der Waals surface area contributed by atoms with Crippen molar-refractivity contribution in [3.63, 3.8) is 0 Å². The molecule has 0 aliphatic carbocycles. The molecule has 0 aliphatic rings. The van der Waals surface area contributed by atoms with E-state index in [1.54, 1.807) is 30.4 Å². The zero-order valence-corrected chi connectivity index (χ0v) is 13.0. The molecule has 0 aliphatic heterocycles. The number of hydrogen-bond donors (Lipinski definition) is 2. The summed E-state index contributed by atoms with van der Waals surface area (Å²) in [5.41, 5.74) is 6.30. The lowest BCUT2D eigenvalue weighted by molar-refractivity contribution is 0.579. The van der Waals surface area contributed by atoms with Gasteiger partial charge in [0.05, 0.1) is 0 Å². The smallest absolute Gasteiger partial charge is 0.241 e. The van der Waals surface area contributed by atoms with Crippen LogP contribution in [0.5, 0.6) is 0 Å². The number of hydrogen-bond acceptors (Lipinski definition) is 6. The Morgan fingerprint density at radius 1 is 1.50 bits per heavy atom. The van der Waals surface area contributed by atoms with E-state index in [0.717, 1.165) is 5.56 Å². The summed E-state index contributed by atoms with van der Waals surface area (Å²) in [5, 5.41) is 5.90. The molecule has 0 amide bonds. The third-order valence-electron chi connectivity index (χ3n) is 2.73. The van der Waals surface area contributed by atoms with E-state index >= 15 is 0 Å². The van der Waals surface area contributed by atoms with Crippen LogP contribution in [-0.4, -0.2) is 29.7 Å². The number of sulfonamides is 1. The molecule has 0 bridgehead atoms. The van der Waals surface area contributed by atoms with Crippen molar-refractivity contribution in [3.8, 4) is 0 Å². The normalized spacial score (nSPS) is 11.9. The number of aromatic nitrogens is 3. The van der Waals surface area contributed by atoms with Gasteiger partial charge in [0.15, 0.2) is 5.82 Å². The van der Waals surface area contributed by atoms with Crippen molar-refractivity contribution in [1.82, 2.24) is 19.5 Å². The molecule has 110 valence electrons. The summed E-state index contributed by atoms with van der Waals surface area (Å²) in [6.45, 7) is 2.24. The van der Waals surface area contributed by atoms with Gasteiger partial charge in [-0.3, -0.25) is 4.68 Å². The lowest BCUT2D eigenvalue weighted by atomic mass is 10.3. The van der Waals surface area contributed by atoms with Gasteiger partial charge in [-0.15, -0.1) is 11.3 Å². The predicted octanol–water partition coefficient (Wildman–Crippen LogP) is 0.165. The fourth-order valence-electron chi connectivity index (χ4n) is 1.86. The highest BCUT2D eigenvalue weighted by molar-refractivity contribution is 7.89. The monoisotopic (exact) mass is 315 g/mol. The lowest BCUT2D eigenvalue weighted by Crippen LogP contribution is -2.27. The first-order chi connectivity index (χ1) is 9.44. The Bertz CT molecular complexity index is 689. The van der Waals surface area contributed by atoms with Crippen LogP contribution in [0.4, 0.5) is 0 Å². The Morgan fingerprint density at radius 3 is 2.85 bits per heavy atom. The van der Waals surface area contributed by atoms with Crippen molar-refractivity contribution in [3.05, 3.63) is 28.0 Å². The number of nitrogens with one attached hydrogen (secondary N) is 1.